The predicted octanol–water partition coefficient (Wildman–Crippen LogP) is 2.63. The molecule has 0 radical (unpaired) electrons. The zero-order valence-corrected chi connectivity index (χ0v) is 11.9. The lowest BCUT2D eigenvalue weighted by Gasteiger charge is -2.20. The van der Waals surface area contributed by atoms with Gasteiger partial charge in [0.2, 0.25) is 0 Å². The predicted molar refractivity (Wildman–Crippen MR) is 72.9 cm³/mol. The molecule has 5 heteroatoms. The third-order valence-electron chi connectivity index (χ3n) is 3.39. The Balaban J connectivity index is 2.12. The molecule has 1 N–H and O–H groups in total. The van der Waals surface area contributed by atoms with Crippen molar-refractivity contribution in [3.05, 3.63) is 16.9 Å². The van der Waals surface area contributed by atoms with Crippen molar-refractivity contribution in [3.8, 4) is 0 Å². The van der Waals surface area contributed by atoms with Crippen LogP contribution in [0.25, 0.3) is 0 Å². The molecule has 0 aromatic carbocycles. The van der Waals surface area contributed by atoms with E-state index in [-0.39, 0.29) is 0 Å². The van der Waals surface area contributed by atoms with Gasteiger partial charge in [-0.3, -0.25) is 4.68 Å². The minimum absolute atomic E-state index is 0.314. The van der Waals surface area contributed by atoms with E-state index in [2.05, 4.69) is 17.3 Å². The summed E-state index contributed by atoms with van der Waals surface area (Å²) in [5.41, 5.74) is 1.11. The van der Waals surface area contributed by atoms with Crippen LogP contribution in [0.5, 0.6) is 0 Å². The first-order valence-electron chi connectivity index (χ1n) is 6.69. The van der Waals surface area contributed by atoms with E-state index in [1.165, 1.54) is 12.8 Å². The fourth-order valence-corrected chi connectivity index (χ4v) is 2.57. The maximum absolute atomic E-state index is 6.29. The van der Waals surface area contributed by atoms with Crippen LogP contribution < -0.4 is 5.32 Å². The Morgan fingerprint density at radius 3 is 3.00 bits per heavy atom. The van der Waals surface area contributed by atoms with E-state index in [0.29, 0.717) is 12.6 Å². The van der Waals surface area contributed by atoms with Crippen LogP contribution in [0.15, 0.2) is 6.20 Å². The average molecular weight is 272 g/mol. The van der Waals surface area contributed by atoms with Gasteiger partial charge in [0.25, 0.3) is 0 Å². The van der Waals surface area contributed by atoms with Gasteiger partial charge in [0.05, 0.1) is 36.1 Å². The number of aromatic nitrogens is 2. The van der Waals surface area contributed by atoms with Crippen LogP contribution in [-0.4, -0.2) is 30.0 Å². The van der Waals surface area contributed by atoms with E-state index in [0.717, 1.165) is 36.1 Å². The summed E-state index contributed by atoms with van der Waals surface area (Å²) in [5, 5.41) is 8.64. The van der Waals surface area contributed by atoms with E-state index in [4.69, 9.17) is 16.3 Å². The monoisotopic (exact) mass is 271 g/mol. The molecular formula is C13H22ClN3O. The second-order valence-corrected chi connectivity index (χ2v) is 5.29. The molecule has 0 amide bonds. The zero-order chi connectivity index (χ0) is 13.0. The van der Waals surface area contributed by atoms with Crippen molar-refractivity contribution in [1.29, 1.82) is 0 Å². The molecule has 0 spiro atoms. The Kier molecular flexibility index (Phi) is 5.03. The van der Waals surface area contributed by atoms with E-state index in [9.17, 15) is 0 Å². The summed E-state index contributed by atoms with van der Waals surface area (Å²) < 4.78 is 7.09. The van der Waals surface area contributed by atoms with Crippen LogP contribution >= 0.6 is 11.6 Å². The maximum Gasteiger partial charge on any atom is 0.0834 e. The molecule has 1 atom stereocenters. The van der Waals surface area contributed by atoms with Gasteiger partial charge in [0.1, 0.15) is 0 Å². The molecule has 1 saturated carbocycles. The largest absolute Gasteiger partial charge is 0.383 e. The Morgan fingerprint density at radius 2 is 2.39 bits per heavy atom. The van der Waals surface area contributed by atoms with Crippen LogP contribution in [0.4, 0.5) is 0 Å². The molecule has 1 heterocycles. The summed E-state index contributed by atoms with van der Waals surface area (Å²) >= 11 is 6.29. The maximum atomic E-state index is 6.29. The smallest absolute Gasteiger partial charge is 0.0834 e. The SMILES string of the molecule is CCNC(CC1CC1)c1c(Cl)cnn1CCOC. The fraction of sp³-hybridized carbons (Fsp3) is 0.769. The Morgan fingerprint density at radius 1 is 1.61 bits per heavy atom. The van der Waals surface area contributed by atoms with Crippen molar-refractivity contribution in [1.82, 2.24) is 15.1 Å². The van der Waals surface area contributed by atoms with Crippen molar-refractivity contribution >= 4 is 11.6 Å². The number of hydrogen-bond acceptors (Lipinski definition) is 3. The standard InChI is InChI=1S/C13H22ClN3O/c1-3-15-12(8-10-4-5-10)13-11(14)9-16-17(13)6-7-18-2/h9-10,12,15H,3-8H2,1-2H3. The molecule has 4 nitrogen and oxygen atoms in total. The quantitative estimate of drug-likeness (QED) is 0.790. The third-order valence-corrected chi connectivity index (χ3v) is 3.68. The van der Waals surface area contributed by atoms with Crippen molar-refractivity contribution in [2.45, 2.75) is 38.8 Å². The highest BCUT2D eigenvalue weighted by Gasteiger charge is 2.28. The molecule has 0 aliphatic heterocycles. The lowest BCUT2D eigenvalue weighted by molar-refractivity contribution is 0.181. The van der Waals surface area contributed by atoms with Crippen LogP contribution in [0.1, 0.15) is 37.9 Å². The minimum atomic E-state index is 0.314. The summed E-state index contributed by atoms with van der Waals surface area (Å²) in [5.74, 6) is 0.857. The van der Waals surface area contributed by atoms with E-state index in [1.54, 1.807) is 13.3 Å². The molecule has 2 rings (SSSR count). The third kappa shape index (κ3) is 3.46. The van der Waals surface area contributed by atoms with Gasteiger partial charge < -0.3 is 10.1 Å². The molecule has 1 unspecified atom stereocenters. The summed E-state index contributed by atoms with van der Waals surface area (Å²) in [4.78, 5) is 0. The highest BCUT2D eigenvalue weighted by Crippen LogP contribution is 2.39. The van der Waals surface area contributed by atoms with Crippen LogP contribution in [0.2, 0.25) is 5.02 Å². The van der Waals surface area contributed by atoms with Crippen molar-refractivity contribution in [2.75, 3.05) is 20.3 Å². The lowest BCUT2D eigenvalue weighted by Crippen LogP contribution is -2.25. The number of halogens is 1. The average Bonchev–Trinajstić information content (AvgIpc) is 3.09. The minimum Gasteiger partial charge on any atom is -0.383 e. The number of rotatable bonds is 8. The summed E-state index contributed by atoms with van der Waals surface area (Å²) in [6.45, 7) is 4.49. The first kappa shape index (κ1) is 13.8. The van der Waals surface area contributed by atoms with E-state index >= 15 is 0 Å². The van der Waals surface area contributed by atoms with Gasteiger partial charge in [-0.25, -0.2) is 0 Å². The van der Waals surface area contributed by atoms with Crippen molar-refractivity contribution in [2.24, 2.45) is 5.92 Å². The van der Waals surface area contributed by atoms with Crippen LogP contribution in [0.3, 0.4) is 0 Å². The number of methoxy groups -OCH3 is 1. The van der Waals surface area contributed by atoms with E-state index < -0.39 is 0 Å². The van der Waals surface area contributed by atoms with Gasteiger partial charge in [-0.1, -0.05) is 31.4 Å². The van der Waals surface area contributed by atoms with Crippen molar-refractivity contribution in [3.63, 3.8) is 0 Å². The number of nitrogens with zero attached hydrogens (tertiary/aromatic N) is 2. The topological polar surface area (TPSA) is 39.1 Å². The second kappa shape index (κ2) is 6.55. The lowest BCUT2D eigenvalue weighted by atomic mass is 10.1. The summed E-state index contributed by atoms with van der Waals surface area (Å²) in [6.07, 6.45) is 5.60. The molecule has 1 fully saturated rings. The Labute approximate surface area is 114 Å². The number of hydrogen-bond donors (Lipinski definition) is 1. The van der Waals surface area contributed by atoms with E-state index in [1.807, 2.05) is 4.68 Å². The molecular weight excluding hydrogens is 250 g/mol. The van der Waals surface area contributed by atoms with Crippen molar-refractivity contribution < 1.29 is 4.74 Å². The number of ether oxygens (including phenoxy) is 1. The molecule has 18 heavy (non-hydrogen) atoms. The molecule has 0 bridgehead atoms. The summed E-state index contributed by atoms with van der Waals surface area (Å²) in [7, 11) is 1.71. The zero-order valence-electron chi connectivity index (χ0n) is 11.2. The van der Waals surface area contributed by atoms with Gasteiger partial charge in [-0.15, -0.1) is 0 Å². The second-order valence-electron chi connectivity index (χ2n) is 4.88. The molecule has 1 aromatic heterocycles. The van der Waals surface area contributed by atoms with Crippen LogP contribution in [-0.2, 0) is 11.3 Å². The normalized spacial score (nSPS) is 17.1. The van der Waals surface area contributed by atoms with Gasteiger partial charge in [-0.05, 0) is 18.9 Å². The van der Waals surface area contributed by atoms with Gasteiger partial charge in [-0.2, -0.15) is 5.10 Å². The highest BCUT2D eigenvalue weighted by atomic mass is 35.5. The molecule has 1 aromatic rings. The van der Waals surface area contributed by atoms with Gasteiger partial charge in [0, 0.05) is 7.11 Å². The Hall–Kier alpha value is -0.580. The number of nitrogens with one attached hydrogen (secondary N) is 1. The molecule has 102 valence electrons. The Bertz CT molecular complexity index is 376. The molecule has 1 aliphatic rings. The van der Waals surface area contributed by atoms with Gasteiger partial charge >= 0.3 is 0 Å². The van der Waals surface area contributed by atoms with Gasteiger partial charge in [0.15, 0.2) is 0 Å². The highest BCUT2D eigenvalue weighted by molar-refractivity contribution is 6.31. The summed E-state index contributed by atoms with van der Waals surface area (Å²) in [6, 6.07) is 0.314. The fourth-order valence-electron chi connectivity index (χ4n) is 2.30. The molecule has 0 saturated heterocycles. The molecule has 1 aliphatic carbocycles. The first-order chi connectivity index (χ1) is 8.76. The first-order valence-corrected chi connectivity index (χ1v) is 7.07. The van der Waals surface area contributed by atoms with Crippen LogP contribution in [0, 0.1) is 5.92 Å².